The van der Waals surface area contributed by atoms with E-state index in [1.54, 1.807) is 47.4 Å². The van der Waals surface area contributed by atoms with Crippen LogP contribution >= 0.6 is 0 Å². The lowest BCUT2D eigenvalue weighted by Gasteiger charge is -2.45. The first-order valence-corrected chi connectivity index (χ1v) is 10.3. The summed E-state index contributed by atoms with van der Waals surface area (Å²) in [5.41, 5.74) is 0.137. The molecule has 2 aromatic rings. The van der Waals surface area contributed by atoms with Crippen molar-refractivity contribution in [3.05, 3.63) is 59.9 Å². The Morgan fingerprint density at radius 3 is 2.48 bits per heavy atom. The second-order valence-electron chi connectivity index (χ2n) is 6.96. The summed E-state index contributed by atoms with van der Waals surface area (Å²) in [7, 11) is -3.61. The van der Waals surface area contributed by atoms with Gasteiger partial charge in [0, 0.05) is 25.9 Å². The van der Waals surface area contributed by atoms with E-state index >= 15 is 0 Å². The van der Waals surface area contributed by atoms with Crippen molar-refractivity contribution in [2.75, 3.05) is 18.4 Å². The van der Waals surface area contributed by atoms with E-state index in [1.807, 2.05) is 0 Å². The Labute approximate surface area is 157 Å². The number of fused-ring (bicyclic) bond motifs is 1. The highest BCUT2D eigenvalue weighted by molar-refractivity contribution is 7.89. The van der Waals surface area contributed by atoms with Crippen molar-refractivity contribution in [1.29, 1.82) is 0 Å². The maximum atomic E-state index is 13.8. The highest BCUT2D eigenvalue weighted by atomic mass is 32.2. The molecule has 1 saturated heterocycles. The molecule has 2 heterocycles. The third-order valence-electron chi connectivity index (χ3n) is 5.15. The highest BCUT2D eigenvalue weighted by Crippen LogP contribution is 2.34. The average molecular weight is 389 g/mol. The molecular formula is C19H20FN3O3S. The molecule has 1 fully saturated rings. The summed E-state index contributed by atoms with van der Waals surface area (Å²) < 4.78 is 41.7. The number of para-hydroxylation sites is 1. The summed E-state index contributed by atoms with van der Waals surface area (Å²) in [6.07, 6.45) is 0.870. The van der Waals surface area contributed by atoms with Gasteiger partial charge in [0.25, 0.3) is 0 Å². The fourth-order valence-electron chi connectivity index (χ4n) is 3.68. The highest BCUT2D eigenvalue weighted by Gasteiger charge is 2.43. The molecule has 142 valence electrons. The lowest BCUT2D eigenvalue weighted by molar-refractivity contribution is -0.132. The van der Waals surface area contributed by atoms with Gasteiger partial charge in [-0.3, -0.25) is 4.79 Å². The lowest BCUT2D eigenvalue weighted by atomic mass is 9.96. The van der Waals surface area contributed by atoms with Gasteiger partial charge in [0.1, 0.15) is 16.4 Å². The van der Waals surface area contributed by atoms with Gasteiger partial charge in [-0.25, -0.2) is 12.8 Å². The van der Waals surface area contributed by atoms with Gasteiger partial charge in [-0.05, 0) is 23.8 Å². The molecule has 1 spiro atoms. The lowest BCUT2D eigenvalue weighted by Crippen LogP contribution is -2.62. The molecule has 0 aromatic heterocycles. The van der Waals surface area contributed by atoms with Crippen LogP contribution in [-0.2, 0) is 21.2 Å². The molecule has 4 rings (SSSR count). The first-order valence-electron chi connectivity index (χ1n) is 8.81. The molecule has 0 atom stereocenters. The van der Waals surface area contributed by atoms with Crippen LogP contribution in [0.4, 0.5) is 10.1 Å². The number of benzene rings is 2. The van der Waals surface area contributed by atoms with E-state index in [0.29, 0.717) is 37.2 Å². The molecule has 0 unspecified atom stereocenters. The van der Waals surface area contributed by atoms with Gasteiger partial charge in [0.05, 0.1) is 12.1 Å². The van der Waals surface area contributed by atoms with Crippen molar-refractivity contribution in [3.63, 3.8) is 0 Å². The van der Waals surface area contributed by atoms with Crippen LogP contribution in [0.5, 0.6) is 0 Å². The van der Waals surface area contributed by atoms with Crippen LogP contribution in [0, 0.1) is 5.82 Å². The molecule has 0 saturated carbocycles. The largest absolute Gasteiger partial charge is 0.365 e. The molecule has 2 aromatic carbocycles. The van der Waals surface area contributed by atoms with Crippen LogP contribution < -0.4 is 10.0 Å². The smallest absolute Gasteiger partial charge is 0.244 e. The molecule has 27 heavy (non-hydrogen) atoms. The maximum Gasteiger partial charge on any atom is 0.244 e. The number of hydrogen-bond acceptors (Lipinski definition) is 4. The predicted molar refractivity (Wildman–Crippen MR) is 99.0 cm³/mol. The fourth-order valence-corrected chi connectivity index (χ4v) is 5.23. The van der Waals surface area contributed by atoms with E-state index in [-0.39, 0.29) is 17.2 Å². The van der Waals surface area contributed by atoms with Gasteiger partial charge < -0.3 is 10.2 Å². The molecule has 6 nitrogen and oxygen atoms in total. The molecule has 2 N–H and O–H groups in total. The summed E-state index contributed by atoms with van der Waals surface area (Å²) in [5, 5.41) is 3.30. The van der Waals surface area contributed by atoms with Gasteiger partial charge in [0.15, 0.2) is 0 Å². The van der Waals surface area contributed by atoms with Crippen molar-refractivity contribution in [1.82, 2.24) is 9.62 Å². The molecule has 1 amide bonds. The number of likely N-dealkylation sites (tertiary alicyclic amines) is 1. The van der Waals surface area contributed by atoms with Gasteiger partial charge >= 0.3 is 0 Å². The van der Waals surface area contributed by atoms with Crippen molar-refractivity contribution < 1.29 is 17.6 Å². The Hall–Kier alpha value is -2.45. The predicted octanol–water partition coefficient (Wildman–Crippen LogP) is 2.09. The summed E-state index contributed by atoms with van der Waals surface area (Å²) in [4.78, 5) is 14.4. The van der Waals surface area contributed by atoms with Crippen molar-refractivity contribution in [3.8, 4) is 0 Å². The number of carbonyl (C=O) groups excluding carboxylic acids is 1. The van der Waals surface area contributed by atoms with Crippen molar-refractivity contribution in [2.45, 2.75) is 29.8 Å². The summed E-state index contributed by atoms with van der Waals surface area (Å²) in [5.74, 6) is -0.549. The van der Waals surface area contributed by atoms with E-state index in [2.05, 4.69) is 10.0 Å². The van der Waals surface area contributed by atoms with E-state index in [4.69, 9.17) is 0 Å². The Bertz CT molecular complexity index is 985. The normalized spacial score (nSPS) is 20.0. The zero-order valence-corrected chi connectivity index (χ0v) is 15.4. The van der Waals surface area contributed by atoms with Crippen LogP contribution in [0.3, 0.4) is 0 Å². The quantitative estimate of drug-likeness (QED) is 0.825. The maximum absolute atomic E-state index is 13.8. The number of hydrogen-bond donors (Lipinski definition) is 2. The second kappa shape index (κ2) is 6.61. The van der Waals surface area contributed by atoms with Gasteiger partial charge in [-0.2, -0.15) is 4.72 Å². The summed E-state index contributed by atoms with van der Waals surface area (Å²) in [6, 6.07) is 13.0. The summed E-state index contributed by atoms with van der Waals surface area (Å²) in [6.45, 7) is 0.788. The van der Waals surface area contributed by atoms with Crippen molar-refractivity contribution >= 4 is 21.6 Å². The Balaban J connectivity index is 1.46. The molecular weight excluding hydrogens is 369 g/mol. The molecule has 0 aliphatic carbocycles. The number of anilines is 1. The molecule has 0 bridgehead atoms. The van der Waals surface area contributed by atoms with E-state index in [0.717, 1.165) is 0 Å². The SMILES string of the molecule is O=C(Cc1ccccc1F)N1CCC2(CC1)Nc1ccccc1S(=O)(=O)N2. The minimum Gasteiger partial charge on any atom is -0.365 e. The monoisotopic (exact) mass is 389 g/mol. The number of halogens is 1. The minimum absolute atomic E-state index is 0.00165. The number of carbonyl (C=O) groups is 1. The third-order valence-corrected chi connectivity index (χ3v) is 6.74. The molecule has 8 heteroatoms. The molecule has 0 radical (unpaired) electrons. The van der Waals surface area contributed by atoms with Crippen LogP contribution in [-0.4, -0.2) is 38.0 Å². The van der Waals surface area contributed by atoms with Crippen LogP contribution in [0.15, 0.2) is 53.4 Å². The number of amides is 1. The second-order valence-corrected chi connectivity index (χ2v) is 8.61. The first kappa shape index (κ1) is 17.9. The topological polar surface area (TPSA) is 78.5 Å². The summed E-state index contributed by atoms with van der Waals surface area (Å²) >= 11 is 0. The van der Waals surface area contributed by atoms with E-state index < -0.39 is 21.5 Å². The van der Waals surface area contributed by atoms with Crippen LogP contribution in [0.1, 0.15) is 18.4 Å². The Morgan fingerprint density at radius 1 is 1.07 bits per heavy atom. The third kappa shape index (κ3) is 3.42. The number of nitrogens with one attached hydrogen (secondary N) is 2. The van der Waals surface area contributed by atoms with Gasteiger partial charge in [0.2, 0.25) is 15.9 Å². The zero-order chi connectivity index (χ0) is 19.1. The number of nitrogens with zero attached hydrogens (tertiary/aromatic N) is 1. The molecule has 2 aliphatic heterocycles. The number of rotatable bonds is 2. The van der Waals surface area contributed by atoms with E-state index in [1.165, 1.54) is 6.07 Å². The zero-order valence-electron chi connectivity index (χ0n) is 14.6. The van der Waals surface area contributed by atoms with Crippen LogP contribution in [0.25, 0.3) is 0 Å². The minimum atomic E-state index is -3.61. The van der Waals surface area contributed by atoms with Crippen LogP contribution in [0.2, 0.25) is 0 Å². The standard InChI is InChI=1S/C19H20FN3O3S/c20-15-6-2-1-5-14(15)13-18(24)23-11-9-19(10-12-23)21-16-7-3-4-8-17(16)27(25,26)22-19/h1-8,21-22H,9-13H2. The number of sulfonamides is 1. The first-order chi connectivity index (χ1) is 12.9. The van der Waals surface area contributed by atoms with Crippen molar-refractivity contribution in [2.24, 2.45) is 0 Å². The fraction of sp³-hybridized carbons (Fsp3) is 0.316. The van der Waals surface area contributed by atoms with Gasteiger partial charge in [-0.1, -0.05) is 30.3 Å². The Kier molecular flexibility index (Phi) is 4.39. The van der Waals surface area contributed by atoms with Gasteiger partial charge in [-0.15, -0.1) is 0 Å². The van der Waals surface area contributed by atoms with E-state index in [9.17, 15) is 17.6 Å². The number of piperidine rings is 1. The molecule has 2 aliphatic rings. The Morgan fingerprint density at radius 2 is 1.74 bits per heavy atom. The average Bonchev–Trinajstić information content (AvgIpc) is 2.63.